The fourth-order valence-electron chi connectivity index (χ4n) is 2.49. The number of rotatable bonds is 3. The largest absolute Gasteiger partial charge is 0.388 e. The molecule has 0 saturated heterocycles. The van der Waals surface area contributed by atoms with Crippen molar-refractivity contribution in [3.63, 3.8) is 0 Å². The van der Waals surface area contributed by atoms with E-state index in [-0.39, 0.29) is 5.91 Å². The van der Waals surface area contributed by atoms with Crippen molar-refractivity contribution in [3.8, 4) is 0 Å². The highest BCUT2D eigenvalue weighted by molar-refractivity contribution is 6.29. The van der Waals surface area contributed by atoms with Crippen molar-refractivity contribution >= 4 is 17.5 Å². The van der Waals surface area contributed by atoms with Crippen molar-refractivity contribution in [3.05, 3.63) is 28.5 Å². The Kier molecular flexibility index (Phi) is 4.42. The lowest BCUT2D eigenvalue weighted by atomic mass is 9.85. The highest BCUT2D eigenvalue weighted by Gasteiger charge is 2.29. The van der Waals surface area contributed by atoms with E-state index in [0.717, 1.165) is 32.1 Å². The van der Waals surface area contributed by atoms with E-state index in [1.807, 2.05) is 0 Å². The van der Waals surface area contributed by atoms with Crippen LogP contribution in [-0.4, -0.2) is 28.1 Å². The number of hydrogen-bond donors (Lipinski definition) is 2. The van der Waals surface area contributed by atoms with Crippen molar-refractivity contribution in [1.29, 1.82) is 0 Å². The molecular formula is C14H19ClN2O2. The number of nitrogens with one attached hydrogen (secondary N) is 1. The maximum Gasteiger partial charge on any atom is 0.251 e. The van der Waals surface area contributed by atoms with Crippen molar-refractivity contribution in [2.45, 2.75) is 44.6 Å². The van der Waals surface area contributed by atoms with Crippen LogP contribution in [-0.2, 0) is 0 Å². The van der Waals surface area contributed by atoms with Gasteiger partial charge >= 0.3 is 0 Å². The molecule has 1 aromatic rings. The second-order valence-corrected chi connectivity index (χ2v) is 5.67. The van der Waals surface area contributed by atoms with Gasteiger partial charge in [0.2, 0.25) is 0 Å². The summed E-state index contributed by atoms with van der Waals surface area (Å²) in [5.74, 6) is -0.216. The predicted molar refractivity (Wildman–Crippen MR) is 74.4 cm³/mol. The number of nitrogens with zero attached hydrogens (tertiary/aromatic N) is 1. The molecule has 0 aliphatic heterocycles. The van der Waals surface area contributed by atoms with Crippen LogP contribution in [0.1, 0.15) is 48.2 Å². The molecule has 1 fully saturated rings. The Morgan fingerprint density at radius 2 is 2.11 bits per heavy atom. The molecule has 19 heavy (non-hydrogen) atoms. The van der Waals surface area contributed by atoms with E-state index in [4.69, 9.17) is 11.6 Å². The second-order valence-electron chi connectivity index (χ2n) is 5.29. The zero-order valence-electron chi connectivity index (χ0n) is 11.1. The first kappa shape index (κ1) is 14.3. The molecule has 0 aromatic carbocycles. The summed E-state index contributed by atoms with van der Waals surface area (Å²) >= 11 is 5.83. The zero-order valence-corrected chi connectivity index (χ0v) is 11.8. The Balaban J connectivity index is 1.97. The molecule has 1 aromatic heterocycles. The molecule has 0 spiro atoms. The van der Waals surface area contributed by atoms with E-state index in [1.165, 1.54) is 6.07 Å². The van der Waals surface area contributed by atoms with Gasteiger partial charge in [-0.15, -0.1) is 0 Å². The summed E-state index contributed by atoms with van der Waals surface area (Å²) in [6.07, 6.45) is 4.71. The Bertz CT molecular complexity index is 450. The van der Waals surface area contributed by atoms with Crippen molar-refractivity contribution in [2.75, 3.05) is 6.54 Å². The summed E-state index contributed by atoms with van der Waals surface area (Å²) in [6.45, 7) is 2.09. The number of aromatic nitrogens is 1. The van der Waals surface area contributed by atoms with Crippen molar-refractivity contribution < 1.29 is 9.90 Å². The molecule has 5 heteroatoms. The molecule has 2 N–H and O–H groups in total. The molecule has 0 unspecified atom stereocenters. The van der Waals surface area contributed by atoms with Gasteiger partial charge in [0.25, 0.3) is 5.91 Å². The first-order valence-corrected chi connectivity index (χ1v) is 7.01. The average Bonchev–Trinajstić information content (AvgIpc) is 2.36. The van der Waals surface area contributed by atoms with Gasteiger partial charge in [-0.2, -0.15) is 0 Å². The minimum Gasteiger partial charge on any atom is -0.388 e. The summed E-state index contributed by atoms with van der Waals surface area (Å²) < 4.78 is 0. The molecule has 0 atom stereocenters. The highest BCUT2D eigenvalue weighted by Crippen LogP contribution is 2.27. The standard InChI is InChI=1S/C14H19ClN2O2/c1-10-7-11(8-12(15)17-10)13(18)16-9-14(19)5-3-2-4-6-14/h7-8,19H,2-6,9H2,1H3,(H,16,18). The highest BCUT2D eigenvalue weighted by atomic mass is 35.5. The Morgan fingerprint density at radius 3 is 2.74 bits per heavy atom. The quantitative estimate of drug-likeness (QED) is 0.837. The Morgan fingerprint density at radius 1 is 1.42 bits per heavy atom. The summed E-state index contributed by atoms with van der Waals surface area (Å²) in [6, 6.07) is 3.22. The lowest BCUT2D eigenvalue weighted by Gasteiger charge is -2.32. The van der Waals surface area contributed by atoms with Crippen LogP contribution < -0.4 is 5.32 Å². The molecular weight excluding hydrogens is 264 g/mol. The monoisotopic (exact) mass is 282 g/mol. The van der Waals surface area contributed by atoms with Gasteiger partial charge in [0.1, 0.15) is 5.15 Å². The van der Waals surface area contributed by atoms with Crippen LogP contribution >= 0.6 is 11.6 Å². The molecule has 2 rings (SSSR count). The topological polar surface area (TPSA) is 62.2 Å². The molecule has 0 bridgehead atoms. The van der Waals surface area contributed by atoms with Gasteiger partial charge in [-0.1, -0.05) is 30.9 Å². The third-order valence-electron chi connectivity index (χ3n) is 3.55. The molecule has 1 aliphatic carbocycles. The lowest BCUT2D eigenvalue weighted by Crippen LogP contribution is -2.44. The van der Waals surface area contributed by atoms with E-state index < -0.39 is 5.60 Å². The van der Waals surface area contributed by atoms with E-state index in [9.17, 15) is 9.90 Å². The van der Waals surface area contributed by atoms with E-state index in [0.29, 0.717) is 23.0 Å². The minimum atomic E-state index is -0.750. The number of hydrogen-bond acceptors (Lipinski definition) is 3. The van der Waals surface area contributed by atoms with Gasteiger partial charge in [-0.25, -0.2) is 4.98 Å². The number of carbonyl (C=O) groups is 1. The van der Waals surface area contributed by atoms with Crippen molar-refractivity contribution in [2.24, 2.45) is 0 Å². The van der Waals surface area contributed by atoms with Gasteiger partial charge in [0.05, 0.1) is 5.60 Å². The average molecular weight is 283 g/mol. The normalized spacial score (nSPS) is 18.1. The smallest absolute Gasteiger partial charge is 0.251 e. The van der Waals surface area contributed by atoms with Crippen LogP contribution in [0.3, 0.4) is 0 Å². The fourth-order valence-corrected chi connectivity index (χ4v) is 2.74. The van der Waals surface area contributed by atoms with Crippen LogP contribution in [0.15, 0.2) is 12.1 Å². The van der Waals surface area contributed by atoms with Crippen molar-refractivity contribution in [1.82, 2.24) is 10.3 Å². The van der Waals surface area contributed by atoms with Gasteiger partial charge < -0.3 is 10.4 Å². The maximum atomic E-state index is 12.0. The maximum absolute atomic E-state index is 12.0. The van der Waals surface area contributed by atoms with Gasteiger partial charge in [-0.3, -0.25) is 4.79 Å². The van der Waals surface area contributed by atoms with Gasteiger partial charge in [-0.05, 0) is 31.9 Å². The SMILES string of the molecule is Cc1cc(C(=O)NCC2(O)CCCCC2)cc(Cl)n1. The lowest BCUT2D eigenvalue weighted by molar-refractivity contribution is 0.00526. The van der Waals surface area contributed by atoms with Gasteiger partial charge in [0.15, 0.2) is 0 Å². The number of amides is 1. The Labute approximate surface area is 118 Å². The molecule has 1 amide bonds. The first-order chi connectivity index (χ1) is 8.98. The fraction of sp³-hybridized carbons (Fsp3) is 0.571. The summed E-state index contributed by atoms with van der Waals surface area (Å²) in [4.78, 5) is 16.0. The van der Waals surface area contributed by atoms with Crippen LogP contribution in [0.25, 0.3) is 0 Å². The molecule has 1 saturated carbocycles. The predicted octanol–water partition coefficient (Wildman–Crippen LogP) is 2.47. The van der Waals surface area contributed by atoms with Crippen LogP contribution in [0, 0.1) is 6.92 Å². The molecule has 4 nitrogen and oxygen atoms in total. The second kappa shape index (κ2) is 5.88. The van der Waals surface area contributed by atoms with Gasteiger partial charge in [0, 0.05) is 17.8 Å². The van der Waals surface area contributed by atoms with Crippen LogP contribution in [0.4, 0.5) is 0 Å². The van der Waals surface area contributed by atoms with E-state index >= 15 is 0 Å². The third kappa shape index (κ3) is 3.91. The summed E-state index contributed by atoms with van der Waals surface area (Å²) in [5.41, 5.74) is 0.436. The third-order valence-corrected chi connectivity index (χ3v) is 3.74. The van der Waals surface area contributed by atoms with E-state index in [2.05, 4.69) is 10.3 Å². The first-order valence-electron chi connectivity index (χ1n) is 6.63. The number of halogens is 1. The molecule has 0 radical (unpaired) electrons. The van der Waals surface area contributed by atoms with Crippen LogP contribution in [0.2, 0.25) is 5.15 Å². The molecule has 104 valence electrons. The molecule has 1 heterocycles. The summed E-state index contributed by atoms with van der Waals surface area (Å²) in [5, 5.41) is 13.4. The van der Waals surface area contributed by atoms with Crippen LogP contribution in [0.5, 0.6) is 0 Å². The van der Waals surface area contributed by atoms with E-state index in [1.54, 1.807) is 13.0 Å². The number of aliphatic hydroxyl groups is 1. The number of aryl methyl sites for hydroxylation is 1. The number of pyridine rings is 1. The number of carbonyl (C=O) groups excluding carboxylic acids is 1. The Hall–Kier alpha value is -1.13. The minimum absolute atomic E-state index is 0.216. The summed E-state index contributed by atoms with van der Waals surface area (Å²) in [7, 11) is 0. The zero-order chi connectivity index (χ0) is 13.9. The molecule has 1 aliphatic rings.